The summed E-state index contributed by atoms with van der Waals surface area (Å²) in [5.41, 5.74) is 2.12. The standard InChI is InChI=1S/C31H32FN11O4/c32-24-15-43(29(44)28-38-31(45)40-39-28)8-7-26(24)47-25-6-1-19(13-20(25)14-33)27-34-18-35-30(37-27)36-21-2-4-22(5-3-21)41-9-11-42(12-10-41)23-16-46-17-23/h1-6,13,18,23-24,26H,7-12,15-17H2,(H,34,35,36,37)(H2,38,39,40,45)/t24-,26-/m0/s1. The van der Waals surface area contributed by atoms with E-state index in [0.717, 1.165) is 50.8 Å². The van der Waals surface area contributed by atoms with Crippen LogP contribution in [0.1, 0.15) is 22.6 Å². The number of alkyl halides is 1. The summed E-state index contributed by atoms with van der Waals surface area (Å²) in [4.78, 5) is 45.3. The zero-order valence-electron chi connectivity index (χ0n) is 25.3. The average molecular weight is 642 g/mol. The molecular weight excluding hydrogens is 609 g/mol. The zero-order valence-corrected chi connectivity index (χ0v) is 25.3. The fourth-order valence-electron chi connectivity index (χ4n) is 5.90. The first-order chi connectivity index (χ1) is 22.9. The maximum absolute atomic E-state index is 15.1. The number of anilines is 3. The maximum atomic E-state index is 15.1. The van der Waals surface area contributed by atoms with Crippen molar-refractivity contribution in [2.45, 2.75) is 24.7 Å². The van der Waals surface area contributed by atoms with Crippen LogP contribution in [0.5, 0.6) is 5.75 Å². The number of nitrogens with zero attached hydrogens (tertiary/aromatic N) is 8. The second kappa shape index (κ2) is 13.1. The third-order valence-electron chi connectivity index (χ3n) is 8.62. The number of aromatic nitrogens is 6. The first kappa shape index (κ1) is 30.3. The molecule has 15 nitrogen and oxygen atoms in total. The highest BCUT2D eigenvalue weighted by Gasteiger charge is 2.35. The number of benzene rings is 2. The van der Waals surface area contributed by atoms with Crippen LogP contribution < -0.4 is 20.6 Å². The molecule has 2 aromatic heterocycles. The number of hydrogen-bond acceptors (Lipinski definition) is 12. The third kappa shape index (κ3) is 6.62. The molecule has 3 aliphatic rings. The molecule has 3 aliphatic heterocycles. The number of amides is 1. The van der Waals surface area contributed by atoms with Gasteiger partial charge in [0.15, 0.2) is 12.0 Å². The largest absolute Gasteiger partial charge is 0.486 e. The number of likely N-dealkylation sites (tertiary alicyclic amines) is 1. The Hall–Kier alpha value is -5.40. The molecular formula is C31H32FN11O4. The number of aromatic amines is 2. The van der Waals surface area contributed by atoms with E-state index in [9.17, 15) is 14.9 Å². The number of nitrogens with one attached hydrogen (secondary N) is 3. The van der Waals surface area contributed by atoms with Crippen molar-refractivity contribution in [3.8, 4) is 23.2 Å². The van der Waals surface area contributed by atoms with Crippen LogP contribution in [0.3, 0.4) is 0 Å². The fourth-order valence-corrected chi connectivity index (χ4v) is 5.90. The molecule has 0 spiro atoms. The monoisotopic (exact) mass is 641 g/mol. The van der Waals surface area contributed by atoms with Crippen LogP contribution in [0.25, 0.3) is 11.4 Å². The van der Waals surface area contributed by atoms with E-state index in [1.54, 1.807) is 18.2 Å². The van der Waals surface area contributed by atoms with Gasteiger partial charge in [-0.05, 0) is 42.5 Å². The summed E-state index contributed by atoms with van der Waals surface area (Å²) in [5, 5.41) is 18.8. The van der Waals surface area contributed by atoms with E-state index in [1.807, 2.05) is 12.1 Å². The van der Waals surface area contributed by atoms with Gasteiger partial charge in [-0.3, -0.25) is 14.7 Å². The second-order valence-corrected chi connectivity index (χ2v) is 11.6. The van der Waals surface area contributed by atoms with E-state index in [4.69, 9.17) is 9.47 Å². The van der Waals surface area contributed by atoms with Crippen molar-refractivity contribution < 1.29 is 18.7 Å². The molecule has 2 aromatic carbocycles. The quantitative estimate of drug-likeness (QED) is 0.254. The van der Waals surface area contributed by atoms with Gasteiger partial charge in [-0.25, -0.2) is 24.3 Å². The average Bonchev–Trinajstić information content (AvgIpc) is 3.51. The van der Waals surface area contributed by atoms with Gasteiger partial charge in [0.05, 0.1) is 31.4 Å². The van der Waals surface area contributed by atoms with Gasteiger partial charge in [-0.1, -0.05) is 0 Å². The lowest BCUT2D eigenvalue weighted by Crippen LogP contribution is -2.56. The number of H-pyrrole nitrogens is 2. The number of nitriles is 1. The van der Waals surface area contributed by atoms with Crippen LogP contribution in [0.15, 0.2) is 53.6 Å². The van der Waals surface area contributed by atoms with Crippen LogP contribution in [-0.4, -0.2) is 117 Å². The lowest BCUT2D eigenvalue weighted by Gasteiger charge is -2.43. The number of ether oxygens (including phenoxy) is 2. The fraction of sp³-hybridized carbons (Fsp3) is 0.387. The number of carbonyl (C=O) groups is 1. The molecule has 0 radical (unpaired) electrons. The lowest BCUT2D eigenvalue weighted by molar-refractivity contribution is -0.0660. The Morgan fingerprint density at radius 3 is 2.57 bits per heavy atom. The molecule has 3 N–H and O–H groups in total. The van der Waals surface area contributed by atoms with E-state index in [-0.39, 0.29) is 36.6 Å². The number of hydrogen-bond donors (Lipinski definition) is 3. The van der Waals surface area contributed by atoms with Crippen LogP contribution >= 0.6 is 0 Å². The van der Waals surface area contributed by atoms with Crippen molar-refractivity contribution in [3.05, 3.63) is 70.7 Å². The molecule has 3 fully saturated rings. The van der Waals surface area contributed by atoms with Crippen LogP contribution in [-0.2, 0) is 4.74 Å². The highest BCUT2D eigenvalue weighted by atomic mass is 19.1. The number of piperazine rings is 1. The minimum atomic E-state index is -1.52. The Labute approximate surface area is 268 Å². The maximum Gasteiger partial charge on any atom is 0.341 e. The van der Waals surface area contributed by atoms with Gasteiger partial charge in [0.1, 0.15) is 24.3 Å². The molecule has 0 unspecified atom stereocenters. The first-order valence-electron chi connectivity index (χ1n) is 15.4. The summed E-state index contributed by atoms with van der Waals surface area (Å²) in [6.45, 7) is 5.62. The van der Waals surface area contributed by atoms with Crippen molar-refractivity contribution in [2.24, 2.45) is 0 Å². The minimum Gasteiger partial charge on any atom is -0.486 e. The Bertz CT molecular complexity index is 1830. The predicted octanol–water partition coefficient (Wildman–Crippen LogP) is 1.72. The summed E-state index contributed by atoms with van der Waals surface area (Å²) < 4.78 is 26.3. The van der Waals surface area contributed by atoms with Gasteiger partial charge in [-0.2, -0.15) is 10.2 Å². The number of rotatable bonds is 8. The third-order valence-corrected chi connectivity index (χ3v) is 8.62. The van der Waals surface area contributed by atoms with Gasteiger partial charge >= 0.3 is 5.69 Å². The van der Waals surface area contributed by atoms with Gasteiger partial charge in [0, 0.05) is 56.1 Å². The highest BCUT2D eigenvalue weighted by molar-refractivity contribution is 5.90. The summed E-state index contributed by atoms with van der Waals surface area (Å²) in [6, 6.07) is 15.7. The highest BCUT2D eigenvalue weighted by Crippen LogP contribution is 2.29. The second-order valence-electron chi connectivity index (χ2n) is 11.6. The molecule has 7 rings (SSSR count). The molecule has 2 atom stereocenters. The van der Waals surface area contributed by atoms with Gasteiger partial charge < -0.3 is 24.6 Å². The predicted molar refractivity (Wildman–Crippen MR) is 167 cm³/mol. The van der Waals surface area contributed by atoms with E-state index in [2.05, 4.69) is 63.5 Å². The molecule has 3 saturated heterocycles. The molecule has 242 valence electrons. The molecule has 0 bridgehead atoms. The zero-order chi connectivity index (χ0) is 32.3. The molecule has 1 amide bonds. The summed E-state index contributed by atoms with van der Waals surface area (Å²) in [5.74, 6) is 0.144. The van der Waals surface area contributed by atoms with Gasteiger partial charge in [0.25, 0.3) is 5.91 Å². The Balaban J connectivity index is 0.966. The van der Waals surface area contributed by atoms with E-state index in [0.29, 0.717) is 23.4 Å². The SMILES string of the molecule is N#Cc1cc(-c2ncnc(Nc3ccc(N4CCN(C5COC5)CC4)cc3)n2)ccc1O[C@H]1CCN(C(=O)c2n[nH]c(=O)[nH]2)C[C@@H]1F. The lowest BCUT2D eigenvalue weighted by atomic mass is 10.0. The Morgan fingerprint density at radius 1 is 1.09 bits per heavy atom. The van der Waals surface area contributed by atoms with Crippen LogP contribution in [0.4, 0.5) is 21.7 Å². The van der Waals surface area contributed by atoms with Gasteiger partial charge in [0.2, 0.25) is 11.8 Å². The summed E-state index contributed by atoms with van der Waals surface area (Å²) in [6.07, 6.45) is -0.816. The van der Waals surface area contributed by atoms with Crippen LogP contribution in [0.2, 0.25) is 0 Å². The van der Waals surface area contributed by atoms with Crippen molar-refractivity contribution in [1.82, 2.24) is 39.9 Å². The molecule has 0 aliphatic carbocycles. The van der Waals surface area contributed by atoms with E-state index >= 15 is 4.39 Å². The number of halogens is 1. The molecule has 47 heavy (non-hydrogen) atoms. The minimum absolute atomic E-state index is 0.182. The smallest absolute Gasteiger partial charge is 0.341 e. The normalized spacial score (nSPS) is 20.3. The summed E-state index contributed by atoms with van der Waals surface area (Å²) >= 11 is 0. The number of carbonyl (C=O) groups excluding carboxylic acids is 1. The van der Waals surface area contributed by atoms with E-state index in [1.165, 1.54) is 11.2 Å². The summed E-state index contributed by atoms with van der Waals surface area (Å²) in [7, 11) is 0. The molecule has 5 heterocycles. The Morgan fingerprint density at radius 2 is 1.89 bits per heavy atom. The van der Waals surface area contributed by atoms with Crippen molar-refractivity contribution in [3.63, 3.8) is 0 Å². The van der Waals surface area contributed by atoms with Gasteiger partial charge in [-0.15, -0.1) is 5.10 Å². The van der Waals surface area contributed by atoms with Crippen molar-refractivity contribution in [1.29, 1.82) is 5.26 Å². The topological polar surface area (TPSA) is 181 Å². The molecule has 4 aromatic rings. The van der Waals surface area contributed by atoms with E-state index < -0.39 is 23.9 Å². The number of piperidine rings is 1. The first-order valence-corrected chi connectivity index (χ1v) is 15.4. The van der Waals surface area contributed by atoms with Crippen molar-refractivity contribution >= 4 is 23.2 Å². The Kier molecular flexibility index (Phi) is 8.46. The van der Waals surface area contributed by atoms with Crippen LogP contribution in [0, 0.1) is 11.3 Å². The molecule has 16 heteroatoms. The van der Waals surface area contributed by atoms with Crippen molar-refractivity contribution in [2.75, 3.05) is 62.7 Å². The molecule has 0 saturated carbocycles.